The lowest BCUT2D eigenvalue weighted by molar-refractivity contribution is 0.0986. The Bertz CT molecular complexity index is 394. The van der Waals surface area contributed by atoms with E-state index in [4.69, 9.17) is 5.73 Å². The molecule has 1 fully saturated rings. The minimum Gasteiger partial charge on any atom is -0.465 e. The number of amides is 1. The van der Waals surface area contributed by atoms with Gasteiger partial charge in [0.25, 0.3) is 0 Å². The molecule has 1 saturated carbocycles. The maximum Gasteiger partial charge on any atom is 0.407 e. The van der Waals surface area contributed by atoms with Crippen LogP contribution in [0.25, 0.3) is 0 Å². The molecule has 2 unspecified atom stereocenters. The largest absolute Gasteiger partial charge is 0.465 e. The van der Waals surface area contributed by atoms with Crippen molar-refractivity contribution in [2.75, 3.05) is 0 Å². The molecule has 2 rings (SSSR count). The molecule has 0 radical (unpaired) electrons. The number of nitrogens with two attached hydrogens (primary N) is 1. The summed E-state index contributed by atoms with van der Waals surface area (Å²) < 4.78 is 0. The highest BCUT2D eigenvalue weighted by Gasteiger charge is 2.30. The summed E-state index contributed by atoms with van der Waals surface area (Å²) in [5, 5.41) is 9.37. The zero-order chi connectivity index (χ0) is 13.0. The molecule has 0 bridgehead atoms. The third kappa shape index (κ3) is 3.01. The van der Waals surface area contributed by atoms with Gasteiger partial charge in [0.2, 0.25) is 0 Å². The lowest BCUT2D eigenvalue weighted by atomic mass is 9.90. The first kappa shape index (κ1) is 12.9. The second-order valence-corrected chi connectivity index (χ2v) is 4.91. The lowest BCUT2D eigenvalue weighted by Gasteiger charge is -2.36. The van der Waals surface area contributed by atoms with Gasteiger partial charge in [0, 0.05) is 12.6 Å². The molecule has 18 heavy (non-hydrogen) atoms. The van der Waals surface area contributed by atoms with Crippen molar-refractivity contribution in [3.8, 4) is 0 Å². The van der Waals surface area contributed by atoms with Crippen LogP contribution in [0.2, 0.25) is 0 Å². The lowest BCUT2D eigenvalue weighted by Crippen LogP contribution is -2.51. The van der Waals surface area contributed by atoms with E-state index in [2.05, 4.69) is 0 Å². The predicted octanol–water partition coefficient (Wildman–Crippen LogP) is 2.44. The summed E-state index contributed by atoms with van der Waals surface area (Å²) in [5.41, 5.74) is 7.08. The van der Waals surface area contributed by atoms with E-state index in [-0.39, 0.29) is 12.1 Å². The van der Waals surface area contributed by atoms with Crippen LogP contribution in [0.5, 0.6) is 0 Å². The molecule has 98 valence electrons. The van der Waals surface area contributed by atoms with Crippen LogP contribution in [-0.4, -0.2) is 28.2 Å². The van der Waals surface area contributed by atoms with Crippen molar-refractivity contribution in [1.82, 2.24) is 4.90 Å². The molecule has 1 aromatic carbocycles. The molecule has 4 nitrogen and oxygen atoms in total. The molecule has 1 amide bonds. The normalized spacial score (nSPS) is 23.6. The van der Waals surface area contributed by atoms with Crippen molar-refractivity contribution >= 4 is 6.09 Å². The fourth-order valence-corrected chi connectivity index (χ4v) is 2.63. The minimum atomic E-state index is -0.874. The zero-order valence-electron chi connectivity index (χ0n) is 10.5. The third-order valence-corrected chi connectivity index (χ3v) is 3.62. The van der Waals surface area contributed by atoms with Crippen LogP contribution < -0.4 is 5.73 Å². The monoisotopic (exact) mass is 248 g/mol. The van der Waals surface area contributed by atoms with Crippen LogP contribution in [0.4, 0.5) is 4.79 Å². The average molecular weight is 248 g/mol. The molecule has 1 aliphatic rings. The molecule has 4 heteroatoms. The van der Waals surface area contributed by atoms with Gasteiger partial charge in [0.05, 0.1) is 6.04 Å². The van der Waals surface area contributed by atoms with Crippen LogP contribution in [0, 0.1) is 0 Å². The Balaban J connectivity index is 2.10. The Morgan fingerprint density at radius 1 is 1.28 bits per heavy atom. The SMILES string of the molecule is NC1CCCCC1N(Cc1ccccc1)C(=O)O. The average Bonchev–Trinajstić information content (AvgIpc) is 2.38. The smallest absolute Gasteiger partial charge is 0.407 e. The summed E-state index contributed by atoms with van der Waals surface area (Å²) in [6.45, 7) is 0.425. The number of carboxylic acid groups (broad SMARTS) is 1. The summed E-state index contributed by atoms with van der Waals surface area (Å²) in [4.78, 5) is 12.9. The predicted molar refractivity (Wildman–Crippen MR) is 70.2 cm³/mol. The van der Waals surface area contributed by atoms with E-state index in [1.54, 1.807) is 0 Å². The summed E-state index contributed by atoms with van der Waals surface area (Å²) in [5.74, 6) is 0. The van der Waals surface area contributed by atoms with E-state index in [9.17, 15) is 9.90 Å². The highest BCUT2D eigenvalue weighted by molar-refractivity contribution is 5.65. The Morgan fingerprint density at radius 2 is 1.94 bits per heavy atom. The molecule has 0 heterocycles. The Kier molecular flexibility index (Phi) is 4.20. The highest BCUT2D eigenvalue weighted by Crippen LogP contribution is 2.23. The third-order valence-electron chi connectivity index (χ3n) is 3.62. The van der Waals surface area contributed by atoms with Gasteiger partial charge >= 0.3 is 6.09 Å². The van der Waals surface area contributed by atoms with Gasteiger partial charge < -0.3 is 10.8 Å². The van der Waals surface area contributed by atoms with Crippen LogP contribution in [0.3, 0.4) is 0 Å². The number of benzene rings is 1. The fourth-order valence-electron chi connectivity index (χ4n) is 2.63. The molecule has 1 aromatic rings. The topological polar surface area (TPSA) is 66.6 Å². The molecule has 0 spiro atoms. The van der Waals surface area contributed by atoms with Gasteiger partial charge in [-0.2, -0.15) is 0 Å². The maximum absolute atomic E-state index is 11.4. The van der Waals surface area contributed by atoms with E-state index in [1.807, 2.05) is 30.3 Å². The molecule has 1 aliphatic carbocycles. The molecular formula is C14H20N2O2. The van der Waals surface area contributed by atoms with Crippen LogP contribution >= 0.6 is 0 Å². The first-order chi connectivity index (χ1) is 8.68. The van der Waals surface area contributed by atoms with Gasteiger partial charge in [-0.25, -0.2) is 4.79 Å². The molecular weight excluding hydrogens is 228 g/mol. The number of rotatable bonds is 3. The van der Waals surface area contributed by atoms with Gasteiger partial charge in [0.1, 0.15) is 0 Å². The molecule has 0 aromatic heterocycles. The standard InChI is InChI=1S/C14H20N2O2/c15-12-8-4-5-9-13(12)16(14(17)18)10-11-6-2-1-3-7-11/h1-3,6-7,12-13H,4-5,8-10,15H2,(H,17,18). The number of hydrogen-bond acceptors (Lipinski definition) is 2. The van der Waals surface area contributed by atoms with Crippen molar-refractivity contribution in [2.45, 2.75) is 44.3 Å². The Hall–Kier alpha value is -1.55. The van der Waals surface area contributed by atoms with Crippen molar-refractivity contribution in [1.29, 1.82) is 0 Å². The van der Waals surface area contributed by atoms with Gasteiger partial charge in [0.15, 0.2) is 0 Å². The van der Waals surface area contributed by atoms with Crippen molar-refractivity contribution in [2.24, 2.45) is 5.73 Å². The van der Waals surface area contributed by atoms with Crippen LogP contribution in [0.1, 0.15) is 31.2 Å². The molecule has 0 aliphatic heterocycles. The Morgan fingerprint density at radius 3 is 2.56 bits per heavy atom. The summed E-state index contributed by atoms with van der Waals surface area (Å²) in [6.07, 6.45) is 3.10. The zero-order valence-corrected chi connectivity index (χ0v) is 10.5. The first-order valence-corrected chi connectivity index (χ1v) is 6.47. The molecule has 3 N–H and O–H groups in total. The number of hydrogen-bond donors (Lipinski definition) is 2. The van der Waals surface area contributed by atoms with Crippen molar-refractivity contribution in [3.05, 3.63) is 35.9 Å². The highest BCUT2D eigenvalue weighted by atomic mass is 16.4. The first-order valence-electron chi connectivity index (χ1n) is 6.47. The second kappa shape index (κ2) is 5.87. The van der Waals surface area contributed by atoms with E-state index in [0.29, 0.717) is 6.54 Å². The van der Waals surface area contributed by atoms with Gasteiger partial charge in [-0.1, -0.05) is 43.2 Å². The van der Waals surface area contributed by atoms with E-state index in [1.165, 1.54) is 4.90 Å². The van der Waals surface area contributed by atoms with E-state index in [0.717, 1.165) is 31.2 Å². The molecule has 0 saturated heterocycles. The minimum absolute atomic E-state index is 0.0291. The van der Waals surface area contributed by atoms with E-state index < -0.39 is 6.09 Å². The van der Waals surface area contributed by atoms with E-state index >= 15 is 0 Å². The summed E-state index contributed by atoms with van der Waals surface area (Å²) >= 11 is 0. The fraction of sp³-hybridized carbons (Fsp3) is 0.500. The number of nitrogens with zero attached hydrogens (tertiary/aromatic N) is 1. The maximum atomic E-state index is 11.4. The second-order valence-electron chi connectivity index (χ2n) is 4.91. The van der Waals surface area contributed by atoms with Crippen LogP contribution in [-0.2, 0) is 6.54 Å². The van der Waals surface area contributed by atoms with Gasteiger partial charge in [-0.3, -0.25) is 4.90 Å². The summed E-state index contributed by atoms with van der Waals surface area (Å²) in [6, 6.07) is 9.61. The van der Waals surface area contributed by atoms with Gasteiger partial charge in [-0.05, 0) is 18.4 Å². The van der Waals surface area contributed by atoms with Crippen LogP contribution in [0.15, 0.2) is 30.3 Å². The van der Waals surface area contributed by atoms with Crippen molar-refractivity contribution in [3.63, 3.8) is 0 Å². The van der Waals surface area contributed by atoms with Gasteiger partial charge in [-0.15, -0.1) is 0 Å². The number of carbonyl (C=O) groups is 1. The Labute approximate surface area is 107 Å². The molecule has 2 atom stereocenters. The quantitative estimate of drug-likeness (QED) is 0.863. The van der Waals surface area contributed by atoms with Crippen molar-refractivity contribution < 1.29 is 9.90 Å². The summed E-state index contributed by atoms with van der Waals surface area (Å²) in [7, 11) is 0.